The van der Waals surface area contributed by atoms with E-state index in [0.29, 0.717) is 5.56 Å². The second-order valence-electron chi connectivity index (χ2n) is 4.67. The van der Waals surface area contributed by atoms with Crippen LogP contribution in [-0.2, 0) is 6.42 Å². The molecule has 0 spiro atoms. The molecule has 3 heteroatoms. The van der Waals surface area contributed by atoms with Gasteiger partial charge in [-0.3, -0.25) is 4.79 Å². The average molecular weight is 232 g/mol. The van der Waals surface area contributed by atoms with E-state index >= 15 is 0 Å². The Balaban J connectivity index is 1.87. The molecule has 0 radical (unpaired) electrons. The Morgan fingerprint density at radius 1 is 1.24 bits per heavy atom. The zero-order valence-electron chi connectivity index (χ0n) is 10.2. The Labute approximate surface area is 103 Å². The van der Waals surface area contributed by atoms with Crippen molar-refractivity contribution in [3.63, 3.8) is 0 Å². The molecule has 92 valence electrons. The van der Waals surface area contributed by atoms with Crippen molar-refractivity contribution >= 4 is 5.91 Å². The van der Waals surface area contributed by atoms with Crippen molar-refractivity contribution in [2.24, 2.45) is 5.73 Å². The first-order valence-electron chi connectivity index (χ1n) is 6.37. The van der Waals surface area contributed by atoms with Gasteiger partial charge in [-0.15, -0.1) is 0 Å². The van der Waals surface area contributed by atoms with Crippen LogP contribution in [0.15, 0.2) is 24.3 Å². The maximum Gasteiger partial charge on any atom is 0.248 e. The molecule has 1 heterocycles. The Morgan fingerprint density at radius 3 is 2.65 bits per heavy atom. The molecule has 1 amide bonds. The smallest absolute Gasteiger partial charge is 0.248 e. The second-order valence-corrected chi connectivity index (χ2v) is 4.67. The molecule has 1 saturated heterocycles. The Kier molecular flexibility index (Phi) is 4.15. The van der Waals surface area contributed by atoms with Gasteiger partial charge in [-0.1, -0.05) is 18.2 Å². The van der Waals surface area contributed by atoms with Crippen molar-refractivity contribution in [2.75, 3.05) is 19.6 Å². The van der Waals surface area contributed by atoms with E-state index in [1.54, 1.807) is 0 Å². The molecule has 2 N–H and O–H groups in total. The third-order valence-electron chi connectivity index (χ3n) is 3.40. The molecule has 0 unspecified atom stereocenters. The summed E-state index contributed by atoms with van der Waals surface area (Å²) in [7, 11) is 0. The lowest BCUT2D eigenvalue weighted by molar-refractivity contribution is 0.0999. The highest BCUT2D eigenvalue weighted by Crippen LogP contribution is 2.13. The monoisotopic (exact) mass is 232 g/mol. The molecule has 17 heavy (non-hydrogen) atoms. The van der Waals surface area contributed by atoms with Gasteiger partial charge in [-0.2, -0.15) is 0 Å². The van der Waals surface area contributed by atoms with Crippen LogP contribution in [0, 0.1) is 0 Å². The number of hydrogen-bond acceptors (Lipinski definition) is 2. The van der Waals surface area contributed by atoms with E-state index in [-0.39, 0.29) is 5.91 Å². The van der Waals surface area contributed by atoms with Crippen LogP contribution >= 0.6 is 0 Å². The Morgan fingerprint density at radius 2 is 1.94 bits per heavy atom. The van der Waals surface area contributed by atoms with Crippen LogP contribution in [0.2, 0.25) is 0 Å². The zero-order chi connectivity index (χ0) is 12.1. The molecular formula is C14H20N2O. The van der Waals surface area contributed by atoms with E-state index in [1.807, 2.05) is 24.3 Å². The van der Waals surface area contributed by atoms with Gasteiger partial charge in [0.25, 0.3) is 0 Å². The summed E-state index contributed by atoms with van der Waals surface area (Å²) in [5.41, 5.74) is 7.12. The number of primary amides is 1. The van der Waals surface area contributed by atoms with E-state index < -0.39 is 0 Å². The van der Waals surface area contributed by atoms with Gasteiger partial charge >= 0.3 is 0 Å². The number of nitrogens with two attached hydrogens (primary N) is 1. The highest BCUT2D eigenvalue weighted by atomic mass is 16.1. The predicted octanol–water partition coefficient (Wildman–Crippen LogP) is 1.81. The van der Waals surface area contributed by atoms with Crippen molar-refractivity contribution in [3.05, 3.63) is 35.4 Å². The van der Waals surface area contributed by atoms with Crippen molar-refractivity contribution < 1.29 is 4.79 Å². The lowest BCUT2D eigenvalue weighted by Gasteiger charge is -2.14. The summed E-state index contributed by atoms with van der Waals surface area (Å²) in [5, 5.41) is 0. The van der Waals surface area contributed by atoms with Crippen LogP contribution in [0.25, 0.3) is 0 Å². The van der Waals surface area contributed by atoms with E-state index in [2.05, 4.69) is 4.90 Å². The topological polar surface area (TPSA) is 46.3 Å². The van der Waals surface area contributed by atoms with Gasteiger partial charge in [0, 0.05) is 5.56 Å². The minimum absolute atomic E-state index is 0.318. The van der Waals surface area contributed by atoms with Crippen LogP contribution in [0.3, 0.4) is 0 Å². The van der Waals surface area contributed by atoms with E-state index in [1.165, 1.54) is 25.9 Å². The fourth-order valence-corrected chi connectivity index (χ4v) is 2.48. The molecule has 1 aliphatic rings. The van der Waals surface area contributed by atoms with Gasteiger partial charge in [0.15, 0.2) is 0 Å². The number of rotatable bonds is 5. The zero-order valence-corrected chi connectivity index (χ0v) is 10.2. The number of hydrogen-bond donors (Lipinski definition) is 1. The van der Waals surface area contributed by atoms with Gasteiger partial charge in [-0.25, -0.2) is 0 Å². The molecule has 0 saturated carbocycles. The van der Waals surface area contributed by atoms with E-state index in [4.69, 9.17) is 5.73 Å². The fourth-order valence-electron chi connectivity index (χ4n) is 2.48. The molecule has 1 fully saturated rings. The number of amides is 1. The van der Waals surface area contributed by atoms with Crippen LogP contribution in [0.1, 0.15) is 35.2 Å². The van der Waals surface area contributed by atoms with Gasteiger partial charge in [0.05, 0.1) is 0 Å². The summed E-state index contributed by atoms with van der Waals surface area (Å²) in [5.74, 6) is -0.318. The quantitative estimate of drug-likeness (QED) is 0.841. The van der Waals surface area contributed by atoms with Crippen molar-refractivity contribution in [1.82, 2.24) is 4.90 Å². The summed E-state index contributed by atoms with van der Waals surface area (Å²) in [6.45, 7) is 3.60. The van der Waals surface area contributed by atoms with Gasteiger partial charge in [0.2, 0.25) is 5.91 Å². The van der Waals surface area contributed by atoms with Gasteiger partial charge in [0.1, 0.15) is 0 Å². The number of carbonyl (C=O) groups is 1. The number of benzene rings is 1. The molecule has 1 aromatic carbocycles. The molecule has 0 aromatic heterocycles. The van der Waals surface area contributed by atoms with Crippen molar-refractivity contribution in [3.8, 4) is 0 Å². The van der Waals surface area contributed by atoms with E-state index in [0.717, 1.165) is 24.9 Å². The summed E-state index contributed by atoms with van der Waals surface area (Å²) in [6.07, 6.45) is 4.70. The molecule has 0 bridgehead atoms. The largest absolute Gasteiger partial charge is 0.366 e. The summed E-state index contributed by atoms with van der Waals surface area (Å²) in [4.78, 5) is 13.7. The molecular weight excluding hydrogens is 212 g/mol. The minimum Gasteiger partial charge on any atom is -0.366 e. The number of carbonyl (C=O) groups excluding carboxylic acids is 1. The van der Waals surface area contributed by atoms with Gasteiger partial charge < -0.3 is 10.6 Å². The fraction of sp³-hybridized carbons (Fsp3) is 0.500. The Bertz CT molecular complexity index is 384. The van der Waals surface area contributed by atoms with Crippen LogP contribution < -0.4 is 5.73 Å². The maximum absolute atomic E-state index is 11.3. The third kappa shape index (κ3) is 3.30. The molecule has 2 rings (SSSR count). The van der Waals surface area contributed by atoms with E-state index in [9.17, 15) is 4.79 Å². The molecule has 1 aromatic rings. The lowest BCUT2D eigenvalue weighted by atomic mass is 10.0. The number of likely N-dealkylation sites (tertiary alicyclic amines) is 1. The summed E-state index contributed by atoms with van der Waals surface area (Å²) < 4.78 is 0. The maximum atomic E-state index is 11.3. The average Bonchev–Trinajstić information content (AvgIpc) is 2.82. The summed E-state index contributed by atoms with van der Waals surface area (Å²) >= 11 is 0. The molecule has 1 aliphatic heterocycles. The normalized spacial score (nSPS) is 16.2. The molecule has 0 aliphatic carbocycles. The second kappa shape index (κ2) is 5.82. The number of nitrogens with zero attached hydrogens (tertiary/aromatic N) is 1. The lowest BCUT2D eigenvalue weighted by Crippen LogP contribution is -2.21. The SMILES string of the molecule is NC(=O)c1ccccc1CCCN1CCCC1. The Hall–Kier alpha value is -1.35. The third-order valence-corrected chi connectivity index (χ3v) is 3.40. The first-order chi connectivity index (χ1) is 8.27. The molecule has 3 nitrogen and oxygen atoms in total. The highest BCUT2D eigenvalue weighted by molar-refractivity contribution is 5.94. The van der Waals surface area contributed by atoms with Gasteiger partial charge in [-0.05, 0) is 56.9 Å². The molecule has 0 atom stereocenters. The predicted molar refractivity (Wildman–Crippen MR) is 69.0 cm³/mol. The summed E-state index contributed by atoms with van der Waals surface area (Å²) in [6, 6.07) is 7.65. The number of aryl methyl sites for hydroxylation is 1. The minimum atomic E-state index is -0.318. The first-order valence-corrected chi connectivity index (χ1v) is 6.37. The highest BCUT2D eigenvalue weighted by Gasteiger charge is 2.11. The van der Waals surface area contributed by atoms with Crippen LogP contribution in [-0.4, -0.2) is 30.4 Å². The first kappa shape index (κ1) is 12.1. The standard InChI is InChI=1S/C14H20N2O/c15-14(17)13-8-2-1-6-12(13)7-5-11-16-9-3-4-10-16/h1-2,6,8H,3-5,7,9-11H2,(H2,15,17). The van der Waals surface area contributed by atoms with Crippen LogP contribution in [0.4, 0.5) is 0 Å². The van der Waals surface area contributed by atoms with Crippen molar-refractivity contribution in [1.29, 1.82) is 0 Å². The van der Waals surface area contributed by atoms with Crippen LogP contribution in [0.5, 0.6) is 0 Å². The van der Waals surface area contributed by atoms with Crippen molar-refractivity contribution in [2.45, 2.75) is 25.7 Å².